The van der Waals surface area contributed by atoms with Gasteiger partial charge in [0, 0.05) is 9.75 Å². The molecule has 0 spiro atoms. The SMILES string of the molecule is C/C1=C/C/C=C(c2cccs2)\C(c2cccs2)=C/C1. The average molecular weight is 284 g/mol. The Bertz CT molecular complexity index is 623. The summed E-state index contributed by atoms with van der Waals surface area (Å²) in [5.74, 6) is 0. The lowest BCUT2D eigenvalue weighted by Gasteiger charge is -2.12. The molecule has 0 nitrogen and oxygen atoms in total. The lowest BCUT2D eigenvalue weighted by Crippen LogP contribution is -1.90. The summed E-state index contributed by atoms with van der Waals surface area (Å²) < 4.78 is 0. The summed E-state index contributed by atoms with van der Waals surface area (Å²) >= 11 is 3.65. The Morgan fingerprint density at radius 1 is 0.842 bits per heavy atom. The van der Waals surface area contributed by atoms with Gasteiger partial charge < -0.3 is 0 Å². The monoisotopic (exact) mass is 284 g/mol. The van der Waals surface area contributed by atoms with Crippen LogP contribution in [0.25, 0.3) is 11.1 Å². The van der Waals surface area contributed by atoms with E-state index in [1.54, 1.807) is 0 Å². The van der Waals surface area contributed by atoms with Crippen molar-refractivity contribution < 1.29 is 0 Å². The maximum absolute atomic E-state index is 2.38. The number of hydrogen-bond donors (Lipinski definition) is 0. The lowest BCUT2D eigenvalue weighted by atomic mass is 9.96. The largest absolute Gasteiger partial charge is 0.144 e. The third-order valence-electron chi connectivity index (χ3n) is 3.28. The second-order valence-corrected chi connectivity index (χ2v) is 6.58. The van der Waals surface area contributed by atoms with Crippen molar-refractivity contribution >= 4 is 33.8 Å². The Balaban J connectivity index is 2.09. The van der Waals surface area contributed by atoms with Crippen molar-refractivity contribution in [2.75, 3.05) is 0 Å². The fourth-order valence-corrected chi connectivity index (χ4v) is 3.84. The van der Waals surface area contributed by atoms with Crippen molar-refractivity contribution in [1.29, 1.82) is 0 Å². The molecule has 0 bridgehead atoms. The molecule has 0 unspecified atom stereocenters. The third-order valence-corrected chi connectivity index (χ3v) is 5.09. The van der Waals surface area contributed by atoms with Crippen LogP contribution >= 0.6 is 22.7 Å². The van der Waals surface area contributed by atoms with Gasteiger partial charge in [-0.3, -0.25) is 0 Å². The van der Waals surface area contributed by atoms with Gasteiger partial charge in [0.05, 0.1) is 0 Å². The fraction of sp³-hybridized carbons (Fsp3) is 0.176. The normalized spacial score (nSPS) is 24.4. The molecule has 1 aliphatic rings. The van der Waals surface area contributed by atoms with Crippen LogP contribution in [-0.2, 0) is 0 Å². The van der Waals surface area contributed by atoms with Crippen LogP contribution in [0.3, 0.4) is 0 Å². The van der Waals surface area contributed by atoms with Gasteiger partial charge in [0.2, 0.25) is 0 Å². The van der Waals surface area contributed by atoms with Crippen molar-refractivity contribution in [2.45, 2.75) is 19.8 Å². The van der Waals surface area contributed by atoms with E-state index in [-0.39, 0.29) is 0 Å². The highest BCUT2D eigenvalue weighted by atomic mass is 32.1. The molecule has 0 aliphatic heterocycles. The van der Waals surface area contributed by atoms with Crippen LogP contribution in [0.4, 0.5) is 0 Å². The average Bonchev–Trinajstić information content (AvgIpc) is 3.06. The van der Waals surface area contributed by atoms with E-state index < -0.39 is 0 Å². The molecule has 19 heavy (non-hydrogen) atoms. The van der Waals surface area contributed by atoms with Crippen LogP contribution in [0.2, 0.25) is 0 Å². The molecule has 3 rings (SSSR count). The zero-order valence-electron chi connectivity index (χ0n) is 10.9. The van der Waals surface area contributed by atoms with Crippen molar-refractivity contribution in [2.24, 2.45) is 0 Å². The number of hydrogen-bond acceptors (Lipinski definition) is 2. The molecule has 0 fully saturated rings. The van der Waals surface area contributed by atoms with Gasteiger partial charge in [-0.2, -0.15) is 0 Å². The summed E-state index contributed by atoms with van der Waals surface area (Å²) in [5, 5.41) is 4.31. The van der Waals surface area contributed by atoms with Gasteiger partial charge in [0.1, 0.15) is 0 Å². The van der Waals surface area contributed by atoms with Crippen molar-refractivity contribution in [3.63, 3.8) is 0 Å². The Hall–Kier alpha value is -1.38. The van der Waals surface area contributed by atoms with Crippen LogP contribution in [0.1, 0.15) is 29.5 Å². The molecule has 2 aromatic heterocycles. The van der Waals surface area contributed by atoms with Gasteiger partial charge in [-0.05, 0) is 53.8 Å². The molecule has 0 radical (unpaired) electrons. The molecule has 2 heterocycles. The number of allylic oxidation sites excluding steroid dienone is 6. The standard InChI is InChI=1S/C17H16S2/c1-13-5-2-6-14(16-7-3-11-18-16)15(10-9-13)17-8-4-12-19-17/h3-8,10-12H,2,9H2,1H3/b13-5-,14-6+,15-10+. The van der Waals surface area contributed by atoms with Gasteiger partial charge in [-0.15, -0.1) is 22.7 Å². The zero-order valence-corrected chi connectivity index (χ0v) is 12.6. The molecule has 1 aliphatic carbocycles. The second kappa shape index (κ2) is 5.72. The predicted molar refractivity (Wildman–Crippen MR) is 87.6 cm³/mol. The Morgan fingerprint density at radius 3 is 2.05 bits per heavy atom. The van der Waals surface area contributed by atoms with E-state index in [2.05, 4.69) is 60.2 Å². The Labute approximate surface area is 122 Å². The Kier molecular flexibility index (Phi) is 3.81. The first-order valence-corrected chi connectivity index (χ1v) is 8.24. The minimum absolute atomic E-state index is 1.03. The first-order valence-electron chi connectivity index (χ1n) is 6.48. The van der Waals surface area contributed by atoms with E-state index in [9.17, 15) is 0 Å². The first kappa shape index (κ1) is 12.6. The lowest BCUT2D eigenvalue weighted by molar-refractivity contribution is 1.16. The summed E-state index contributed by atoms with van der Waals surface area (Å²) in [6.45, 7) is 2.21. The molecular weight excluding hydrogens is 268 g/mol. The molecule has 0 aromatic carbocycles. The first-order chi connectivity index (χ1) is 9.34. The van der Waals surface area contributed by atoms with E-state index in [0.717, 1.165) is 12.8 Å². The van der Waals surface area contributed by atoms with E-state index in [1.807, 2.05) is 22.7 Å². The van der Waals surface area contributed by atoms with Crippen LogP contribution in [-0.4, -0.2) is 0 Å². The zero-order chi connectivity index (χ0) is 13.1. The summed E-state index contributed by atoms with van der Waals surface area (Å²) in [7, 11) is 0. The van der Waals surface area contributed by atoms with Crippen LogP contribution in [0, 0.1) is 0 Å². The third kappa shape index (κ3) is 2.80. The van der Waals surface area contributed by atoms with Gasteiger partial charge in [-0.25, -0.2) is 0 Å². The van der Waals surface area contributed by atoms with Crippen molar-refractivity contribution in [3.05, 3.63) is 68.6 Å². The van der Waals surface area contributed by atoms with E-state index in [4.69, 9.17) is 0 Å². The van der Waals surface area contributed by atoms with E-state index >= 15 is 0 Å². The molecule has 2 heteroatoms. The highest BCUT2D eigenvalue weighted by Gasteiger charge is 2.13. The summed E-state index contributed by atoms with van der Waals surface area (Å²) in [6.07, 6.45) is 9.15. The fourth-order valence-electron chi connectivity index (χ4n) is 2.27. The van der Waals surface area contributed by atoms with E-state index in [1.165, 1.54) is 26.5 Å². The molecule has 0 saturated carbocycles. The summed E-state index contributed by atoms with van der Waals surface area (Å²) in [5.41, 5.74) is 4.24. The van der Waals surface area contributed by atoms with Crippen molar-refractivity contribution in [3.8, 4) is 0 Å². The predicted octanol–water partition coefficient (Wildman–Crippen LogP) is 6.02. The van der Waals surface area contributed by atoms with Crippen LogP contribution in [0.15, 0.2) is 58.8 Å². The van der Waals surface area contributed by atoms with Crippen LogP contribution in [0.5, 0.6) is 0 Å². The van der Waals surface area contributed by atoms with E-state index in [0.29, 0.717) is 0 Å². The quantitative estimate of drug-likeness (QED) is 0.592. The van der Waals surface area contributed by atoms with Gasteiger partial charge >= 0.3 is 0 Å². The topological polar surface area (TPSA) is 0 Å². The summed E-state index contributed by atoms with van der Waals surface area (Å²) in [6, 6.07) is 8.70. The molecular formula is C17H16S2. The number of thiophene rings is 2. The van der Waals surface area contributed by atoms with Crippen molar-refractivity contribution in [1.82, 2.24) is 0 Å². The van der Waals surface area contributed by atoms with Gasteiger partial charge in [-0.1, -0.05) is 35.9 Å². The Morgan fingerprint density at radius 2 is 1.47 bits per heavy atom. The highest BCUT2D eigenvalue weighted by molar-refractivity contribution is 7.12. The molecule has 0 saturated heterocycles. The summed E-state index contributed by atoms with van der Waals surface area (Å²) in [4.78, 5) is 2.74. The molecule has 96 valence electrons. The molecule has 0 atom stereocenters. The minimum atomic E-state index is 1.03. The second-order valence-electron chi connectivity index (χ2n) is 4.68. The minimum Gasteiger partial charge on any atom is -0.144 e. The van der Waals surface area contributed by atoms with Crippen LogP contribution < -0.4 is 0 Å². The molecule has 0 N–H and O–H groups in total. The molecule has 2 aromatic rings. The van der Waals surface area contributed by atoms with Gasteiger partial charge in [0.15, 0.2) is 0 Å². The van der Waals surface area contributed by atoms with Gasteiger partial charge in [0.25, 0.3) is 0 Å². The smallest absolute Gasteiger partial charge is 0.0346 e. The maximum atomic E-state index is 2.38. The highest BCUT2D eigenvalue weighted by Crippen LogP contribution is 2.37. The number of rotatable bonds is 2. The maximum Gasteiger partial charge on any atom is 0.0346 e. The molecule has 0 amide bonds.